The second kappa shape index (κ2) is 6.10. The summed E-state index contributed by atoms with van der Waals surface area (Å²) in [6.45, 7) is 2.42. The normalized spacial score (nSPS) is 10.2. The van der Waals surface area contributed by atoms with E-state index in [2.05, 4.69) is 12.2 Å². The van der Waals surface area contributed by atoms with E-state index < -0.39 is 5.91 Å². The summed E-state index contributed by atoms with van der Waals surface area (Å²) in [6, 6.07) is 12.1. The average molecular weight is 271 g/mol. The van der Waals surface area contributed by atoms with Crippen molar-refractivity contribution in [1.29, 1.82) is 0 Å². The Labute approximate surface area is 117 Å². The van der Waals surface area contributed by atoms with Crippen molar-refractivity contribution in [3.8, 4) is 11.5 Å². The Hall–Kier alpha value is -2.49. The number of hydrogen-bond acceptors (Lipinski definition) is 3. The highest BCUT2D eigenvalue weighted by Crippen LogP contribution is 2.25. The number of aromatic hydroxyl groups is 2. The number of carbonyl (C=O) groups excluding carboxylic acids is 1. The molecule has 20 heavy (non-hydrogen) atoms. The van der Waals surface area contributed by atoms with E-state index in [1.807, 2.05) is 24.3 Å². The van der Waals surface area contributed by atoms with Crippen LogP contribution in [-0.4, -0.2) is 16.1 Å². The zero-order valence-corrected chi connectivity index (χ0v) is 11.3. The highest BCUT2D eigenvalue weighted by Gasteiger charge is 2.15. The van der Waals surface area contributed by atoms with Gasteiger partial charge in [0.25, 0.3) is 5.91 Å². The van der Waals surface area contributed by atoms with E-state index in [-0.39, 0.29) is 17.1 Å². The average Bonchev–Trinajstić information content (AvgIpc) is 2.45. The maximum Gasteiger partial charge on any atom is 0.259 e. The van der Waals surface area contributed by atoms with E-state index in [4.69, 9.17) is 0 Å². The summed E-state index contributed by atoms with van der Waals surface area (Å²) in [5.74, 6) is -0.965. The van der Waals surface area contributed by atoms with Crippen LogP contribution in [0.1, 0.15) is 28.4 Å². The molecule has 2 rings (SSSR count). The van der Waals surface area contributed by atoms with Gasteiger partial charge in [-0.15, -0.1) is 0 Å². The molecule has 2 aromatic rings. The molecule has 0 fully saturated rings. The van der Waals surface area contributed by atoms with Crippen molar-refractivity contribution in [2.45, 2.75) is 19.9 Å². The van der Waals surface area contributed by atoms with Gasteiger partial charge in [0.05, 0.1) is 0 Å². The van der Waals surface area contributed by atoms with Gasteiger partial charge in [0.15, 0.2) is 0 Å². The van der Waals surface area contributed by atoms with Gasteiger partial charge in [-0.05, 0) is 29.7 Å². The van der Waals surface area contributed by atoms with Gasteiger partial charge in [-0.25, -0.2) is 0 Å². The topological polar surface area (TPSA) is 69.6 Å². The Morgan fingerprint density at radius 1 is 1.00 bits per heavy atom. The van der Waals surface area contributed by atoms with Gasteiger partial charge in [0.1, 0.15) is 17.1 Å². The van der Waals surface area contributed by atoms with Crippen molar-refractivity contribution in [2.75, 3.05) is 0 Å². The highest BCUT2D eigenvalue weighted by atomic mass is 16.3. The van der Waals surface area contributed by atoms with Crippen molar-refractivity contribution in [2.24, 2.45) is 0 Å². The van der Waals surface area contributed by atoms with Crippen molar-refractivity contribution >= 4 is 5.91 Å². The van der Waals surface area contributed by atoms with Gasteiger partial charge in [-0.2, -0.15) is 0 Å². The van der Waals surface area contributed by atoms with Crippen molar-refractivity contribution < 1.29 is 15.0 Å². The summed E-state index contributed by atoms with van der Waals surface area (Å²) in [6.07, 6.45) is 0.971. The fourth-order valence-electron chi connectivity index (χ4n) is 1.92. The minimum absolute atomic E-state index is 0.0994. The maximum absolute atomic E-state index is 12.0. The molecule has 0 spiro atoms. The Bertz CT molecular complexity index is 585. The molecule has 4 nitrogen and oxygen atoms in total. The molecule has 2 aromatic carbocycles. The number of aryl methyl sites for hydroxylation is 1. The fourth-order valence-corrected chi connectivity index (χ4v) is 1.92. The Morgan fingerprint density at radius 3 is 2.10 bits per heavy atom. The smallest absolute Gasteiger partial charge is 0.259 e. The van der Waals surface area contributed by atoms with Crippen molar-refractivity contribution in [3.05, 3.63) is 59.2 Å². The second-order valence-corrected chi connectivity index (χ2v) is 4.52. The third-order valence-electron chi connectivity index (χ3n) is 3.13. The van der Waals surface area contributed by atoms with Crippen LogP contribution in [-0.2, 0) is 13.0 Å². The quantitative estimate of drug-likeness (QED) is 0.800. The fraction of sp³-hybridized carbons (Fsp3) is 0.188. The predicted molar refractivity (Wildman–Crippen MR) is 76.8 cm³/mol. The zero-order chi connectivity index (χ0) is 14.5. The minimum Gasteiger partial charge on any atom is -0.507 e. The molecule has 0 saturated heterocycles. The third-order valence-corrected chi connectivity index (χ3v) is 3.13. The molecular weight excluding hydrogens is 254 g/mol. The number of phenols is 2. The second-order valence-electron chi connectivity index (χ2n) is 4.52. The van der Waals surface area contributed by atoms with Gasteiger partial charge in [0, 0.05) is 6.54 Å². The minimum atomic E-state index is -0.500. The van der Waals surface area contributed by atoms with Crippen molar-refractivity contribution in [1.82, 2.24) is 5.32 Å². The van der Waals surface area contributed by atoms with Gasteiger partial charge >= 0.3 is 0 Å². The molecule has 0 aromatic heterocycles. The van der Waals surface area contributed by atoms with Crippen LogP contribution in [0.3, 0.4) is 0 Å². The zero-order valence-electron chi connectivity index (χ0n) is 11.3. The first-order valence-corrected chi connectivity index (χ1v) is 6.48. The van der Waals surface area contributed by atoms with Crippen LogP contribution in [0.5, 0.6) is 11.5 Å². The Kier molecular flexibility index (Phi) is 4.25. The van der Waals surface area contributed by atoms with Gasteiger partial charge < -0.3 is 15.5 Å². The number of benzene rings is 2. The first kappa shape index (κ1) is 13.9. The van der Waals surface area contributed by atoms with Gasteiger partial charge in [-0.1, -0.05) is 37.3 Å². The molecule has 3 N–H and O–H groups in total. The van der Waals surface area contributed by atoms with Crippen LogP contribution in [0.4, 0.5) is 0 Å². The Morgan fingerprint density at radius 2 is 1.55 bits per heavy atom. The molecule has 0 aliphatic rings. The van der Waals surface area contributed by atoms with E-state index in [0.717, 1.165) is 12.0 Å². The number of nitrogens with one attached hydrogen (secondary N) is 1. The molecule has 0 unspecified atom stereocenters. The summed E-state index contributed by atoms with van der Waals surface area (Å²) >= 11 is 0. The van der Waals surface area contributed by atoms with E-state index in [1.165, 1.54) is 23.8 Å². The third kappa shape index (κ3) is 3.09. The number of amides is 1. The van der Waals surface area contributed by atoms with E-state index in [9.17, 15) is 15.0 Å². The summed E-state index contributed by atoms with van der Waals surface area (Å²) in [4.78, 5) is 12.0. The summed E-state index contributed by atoms with van der Waals surface area (Å²) in [5, 5.41) is 21.9. The van der Waals surface area contributed by atoms with E-state index in [0.29, 0.717) is 6.54 Å². The lowest BCUT2D eigenvalue weighted by Crippen LogP contribution is -2.23. The molecule has 0 heterocycles. The van der Waals surface area contributed by atoms with Crippen LogP contribution in [0, 0.1) is 0 Å². The molecule has 0 atom stereocenters. The Balaban J connectivity index is 2.05. The summed E-state index contributed by atoms with van der Waals surface area (Å²) in [7, 11) is 0. The first-order valence-electron chi connectivity index (χ1n) is 6.48. The maximum atomic E-state index is 12.0. The molecule has 0 saturated carbocycles. The lowest BCUT2D eigenvalue weighted by molar-refractivity contribution is 0.0945. The van der Waals surface area contributed by atoms with Gasteiger partial charge in [-0.3, -0.25) is 4.79 Å². The molecule has 4 heteroatoms. The molecular formula is C16H17NO3. The molecule has 104 valence electrons. The molecule has 0 bridgehead atoms. The monoisotopic (exact) mass is 271 g/mol. The lowest BCUT2D eigenvalue weighted by atomic mass is 10.1. The summed E-state index contributed by atoms with van der Waals surface area (Å²) in [5.41, 5.74) is 2.10. The van der Waals surface area contributed by atoms with E-state index in [1.54, 1.807) is 0 Å². The highest BCUT2D eigenvalue weighted by molar-refractivity contribution is 5.99. The number of hydrogen-bond donors (Lipinski definition) is 3. The van der Waals surface area contributed by atoms with Crippen LogP contribution in [0.15, 0.2) is 42.5 Å². The van der Waals surface area contributed by atoms with Crippen LogP contribution >= 0.6 is 0 Å². The van der Waals surface area contributed by atoms with E-state index >= 15 is 0 Å². The molecule has 0 aliphatic carbocycles. The van der Waals surface area contributed by atoms with Crippen LogP contribution in [0.2, 0.25) is 0 Å². The van der Waals surface area contributed by atoms with Crippen LogP contribution < -0.4 is 5.32 Å². The number of phenolic OH excluding ortho intramolecular Hbond substituents is 2. The predicted octanol–water partition coefficient (Wildman–Crippen LogP) is 2.59. The lowest BCUT2D eigenvalue weighted by Gasteiger charge is -2.09. The first-order chi connectivity index (χ1) is 9.61. The van der Waals surface area contributed by atoms with Crippen molar-refractivity contribution in [3.63, 3.8) is 0 Å². The molecule has 1 amide bonds. The van der Waals surface area contributed by atoms with Crippen LogP contribution in [0.25, 0.3) is 0 Å². The summed E-state index contributed by atoms with van der Waals surface area (Å²) < 4.78 is 0. The number of carbonyl (C=O) groups is 1. The molecule has 0 radical (unpaired) electrons. The largest absolute Gasteiger partial charge is 0.507 e. The number of rotatable bonds is 4. The van der Waals surface area contributed by atoms with Gasteiger partial charge in [0.2, 0.25) is 0 Å². The standard InChI is InChI=1S/C16H17NO3/c1-2-11-6-8-12(9-7-11)10-17-16(20)15-13(18)4-3-5-14(15)19/h3-9,18-19H,2,10H2,1H3,(H,17,20). The SMILES string of the molecule is CCc1ccc(CNC(=O)c2c(O)cccc2O)cc1. The molecule has 0 aliphatic heterocycles.